The zero-order valence-corrected chi connectivity index (χ0v) is 22.1. The number of aromatic nitrogens is 3. The first kappa shape index (κ1) is 26.0. The van der Waals surface area contributed by atoms with Crippen LogP contribution in [0.2, 0.25) is 0 Å². The molecule has 3 N–H and O–H groups in total. The van der Waals surface area contributed by atoms with Crippen LogP contribution in [0.3, 0.4) is 0 Å². The van der Waals surface area contributed by atoms with Crippen molar-refractivity contribution in [3.8, 4) is 5.75 Å². The number of carbonyl (C=O) groups excluding carboxylic acids is 3. The van der Waals surface area contributed by atoms with E-state index in [1.807, 2.05) is 0 Å². The summed E-state index contributed by atoms with van der Waals surface area (Å²) in [4.78, 5) is 67.2. The van der Waals surface area contributed by atoms with Crippen LogP contribution in [0.5, 0.6) is 5.75 Å². The van der Waals surface area contributed by atoms with Gasteiger partial charge in [-0.3, -0.25) is 24.2 Å². The average molecular weight is 522 g/mol. The van der Waals surface area contributed by atoms with Crippen molar-refractivity contribution in [2.75, 3.05) is 17.6 Å². The van der Waals surface area contributed by atoms with Gasteiger partial charge in [0, 0.05) is 31.0 Å². The molecule has 0 bridgehead atoms. The molecule has 5 rings (SSSR count). The first-order valence-corrected chi connectivity index (χ1v) is 11.6. The number of β-lactam (4-membered cyclic amide) rings is 1. The van der Waals surface area contributed by atoms with Crippen LogP contribution in [-0.2, 0) is 16.6 Å². The van der Waals surface area contributed by atoms with Gasteiger partial charge in [0.1, 0.15) is 11.8 Å². The summed E-state index contributed by atoms with van der Waals surface area (Å²) < 4.78 is 1.27. The molecule has 3 aliphatic heterocycles. The third kappa shape index (κ3) is 4.23. The van der Waals surface area contributed by atoms with E-state index in [4.69, 9.17) is 0 Å². The van der Waals surface area contributed by atoms with Crippen molar-refractivity contribution in [2.45, 2.75) is 23.7 Å². The number of phenols is 1. The molecule has 15 heteroatoms. The van der Waals surface area contributed by atoms with Crippen LogP contribution < -0.4 is 51.1 Å². The van der Waals surface area contributed by atoms with Gasteiger partial charge in [0.25, 0.3) is 5.91 Å². The van der Waals surface area contributed by atoms with Crippen molar-refractivity contribution in [3.63, 3.8) is 0 Å². The number of H-pyrrole nitrogens is 1. The molecule has 0 radical (unpaired) electrons. The molecule has 1 aromatic carbocycles. The summed E-state index contributed by atoms with van der Waals surface area (Å²) in [5.41, 5.74) is -1.14. The van der Waals surface area contributed by atoms with E-state index >= 15 is 0 Å². The number of carbonyl (C=O) groups is 3. The smallest absolute Gasteiger partial charge is 0.543 e. The van der Waals surface area contributed by atoms with Gasteiger partial charge in [0.05, 0.1) is 17.7 Å². The summed E-state index contributed by atoms with van der Waals surface area (Å²) in [6.07, 6.45) is 0.415. The van der Waals surface area contributed by atoms with Crippen molar-refractivity contribution in [3.05, 3.63) is 56.2 Å². The van der Waals surface area contributed by atoms with Crippen LogP contribution in [0.25, 0.3) is 0 Å². The molecule has 3 amide bonds. The molecule has 1 aromatic heterocycles. The topological polar surface area (TPSA) is 181 Å². The number of rotatable bonds is 5. The third-order valence-corrected chi connectivity index (χ3v) is 7.49. The summed E-state index contributed by atoms with van der Waals surface area (Å²) in [6.45, 7) is 0.221. The van der Waals surface area contributed by atoms with Gasteiger partial charge in [-0.2, -0.15) is 4.98 Å². The first-order chi connectivity index (χ1) is 16.7. The number of nitrogens with one attached hydrogen (secondary N) is 2. The second-order valence-corrected chi connectivity index (χ2v) is 9.30. The zero-order valence-electron chi connectivity index (χ0n) is 19.3. The van der Waals surface area contributed by atoms with E-state index in [-0.39, 0.29) is 64.4 Å². The number of phenolic OH excluding ortho intramolecular Hbond substituents is 1. The monoisotopic (exact) mass is 522 g/mol. The van der Waals surface area contributed by atoms with Gasteiger partial charge in [-0.1, -0.05) is 11.8 Å². The molecule has 2 fully saturated rings. The number of aromatic amines is 1. The van der Waals surface area contributed by atoms with Gasteiger partial charge in [-0.15, -0.1) is 0 Å². The fourth-order valence-electron chi connectivity index (χ4n) is 4.87. The second kappa shape index (κ2) is 9.76. The van der Waals surface area contributed by atoms with E-state index in [0.717, 1.165) is 11.8 Å². The molecule has 0 spiro atoms. The molecule has 2 aromatic rings. The van der Waals surface area contributed by atoms with Gasteiger partial charge >= 0.3 is 46.7 Å². The maximum atomic E-state index is 13.0. The SMILES string of the molecule is Cn1[nH]c(=O)c(=O)nc1SCC1=C(C(=O)[O-])N2C(=O)[C@@H]3[C@H]2C1CCN3C(=O)Nc1ccc(O)cc1.[Na+]. The molecule has 0 saturated carbocycles. The van der Waals surface area contributed by atoms with Crippen LogP contribution in [0.15, 0.2) is 50.3 Å². The van der Waals surface area contributed by atoms with Crippen molar-refractivity contribution >= 4 is 35.4 Å². The predicted octanol–water partition coefficient (Wildman–Crippen LogP) is -4.58. The number of aliphatic carboxylic acids is 1. The Hall–Kier alpha value is -3.07. The van der Waals surface area contributed by atoms with Gasteiger partial charge in [0.15, 0.2) is 5.16 Å². The largest absolute Gasteiger partial charge is 1.00 e. The number of piperidine rings is 1. The van der Waals surface area contributed by atoms with Crippen LogP contribution in [0, 0.1) is 5.92 Å². The van der Waals surface area contributed by atoms with E-state index in [1.54, 1.807) is 0 Å². The summed E-state index contributed by atoms with van der Waals surface area (Å²) in [6, 6.07) is 4.03. The van der Waals surface area contributed by atoms with Crippen LogP contribution in [0.4, 0.5) is 10.5 Å². The molecule has 3 aliphatic rings. The van der Waals surface area contributed by atoms with Gasteiger partial charge in [-0.25, -0.2) is 4.79 Å². The Morgan fingerprint density at radius 3 is 2.61 bits per heavy atom. The Morgan fingerprint density at radius 2 is 1.94 bits per heavy atom. The third-order valence-electron chi connectivity index (χ3n) is 6.41. The second-order valence-electron chi connectivity index (χ2n) is 8.36. The number of benzene rings is 1. The van der Waals surface area contributed by atoms with Crippen LogP contribution in [0.1, 0.15) is 6.42 Å². The molecule has 0 aliphatic carbocycles. The van der Waals surface area contributed by atoms with Crippen molar-refractivity contribution in [2.24, 2.45) is 13.0 Å². The number of urea groups is 1. The maximum Gasteiger partial charge on any atom is 1.00 e. The zero-order chi connectivity index (χ0) is 25.0. The van der Waals surface area contributed by atoms with E-state index in [2.05, 4.69) is 15.4 Å². The number of carboxylic acid groups (broad SMARTS) is 1. The van der Waals surface area contributed by atoms with E-state index in [9.17, 15) is 34.2 Å². The first-order valence-electron chi connectivity index (χ1n) is 10.6. The number of carboxylic acids is 1. The van der Waals surface area contributed by atoms with Crippen molar-refractivity contribution < 1.29 is 54.2 Å². The number of aryl methyl sites for hydroxylation is 1. The molecule has 4 heterocycles. The Kier molecular flexibility index (Phi) is 7.05. The minimum atomic E-state index is -1.50. The minimum absolute atomic E-state index is 0. The fourth-order valence-corrected chi connectivity index (χ4v) is 5.90. The Morgan fingerprint density at radius 1 is 1.25 bits per heavy atom. The summed E-state index contributed by atoms with van der Waals surface area (Å²) in [7, 11) is 1.50. The van der Waals surface area contributed by atoms with Crippen molar-refractivity contribution in [1.82, 2.24) is 24.6 Å². The van der Waals surface area contributed by atoms with Gasteiger partial charge in [0.2, 0.25) is 0 Å². The maximum absolute atomic E-state index is 13.0. The number of hydrogen-bond donors (Lipinski definition) is 3. The van der Waals surface area contributed by atoms with Crippen molar-refractivity contribution in [1.29, 1.82) is 0 Å². The fraction of sp³-hybridized carbons (Fsp3) is 0.333. The number of anilines is 1. The van der Waals surface area contributed by atoms with Gasteiger partial charge in [-0.05, 0) is 36.3 Å². The Balaban J connectivity index is 0.00000304. The summed E-state index contributed by atoms with van der Waals surface area (Å²) in [5.74, 6) is -2.16. The standard InChI is InChI=1S/C21H20N6O7S.Na/c1-25-21(23-16(29)17(30)24-25)35-8-12-11-6-7-26(20(34)22-9-2-4-10(28)5-3-9)15-13(11)27(18(15)31)14(12)19(32)33;/h2-5,11,13,15,28H,6-8H2,1H3,(H,22,34)(H,24,30)(H,32,33);/q;+1/p-1/t11?,13-,15+;/m1./s1. The summed E-state index contributed by atoms with van der Waals surface area (Å²) >= 11 is 1.06. The molecular formula is C21H19N6NaO7S. The summed E-state index contributed by atoms with van der Waals surface area (Å²) in [5, 5.41) is 26.6. The number of nitrogens with zero attached hydrogens (tertiary/aromatic N) is 4. The normalized spacial score (nSPS) is 22.0. The number of thioether (sulfide) groups is 1. The van der Waals surface area contributed by atoms with Gasteiger partial charge < -0.3 is 30.1 Å². The van der Waals surface area contributed by atoms with Crippen LogP contribution >= 0.6 is 11.8 Å². The van der Waals surface area contributed by atoms with E-state index < -0.39 is 41.1 Å². The number of aromatic hydroxyl groups is 1. The molecule has 182 valence electrons. The predicted molar refractivity (Wildman–Crippen MR) is 119 cm³/mol. The van der Waals surface area contributed by atoms with E-state index in [1.165, 1.54) is 45.8 Å². The minimum Gasteiger partial charge on any atom is -0.543 e. The quantitative estimate of drug-likeness (QED) is 0.115. The molecule has 3 atom stereocenters. The Labute approximate surface area is 229 Å². The molecule has 36 heavy (non-hydrogen) atoms. The molecule has 1 unspecified atom stereocenters. The molecule has 2 saturated heterocycles. The Bertz CT molecular complexity index is 1400. The number of hydrogen-bond acceptors (Lipinski definition) is 9. The van der Waals surface area contributed by atoms with E-state index in [0.29, 0.717) is 17.7 Å². The average Bonchev–Trinajstić information content (AvgIpc) is 3.14. The van der Waals surface area contributed by atoms with Crippen LogP contribution in [-0.4, -0.2) is 72.0 Å². The molecular weight excluding hydrogens is 503 g/mol. The number of amides is 3. The molecule has 13 nitrogen and oxygen atoms in total. The number of likely N-dealkylation sites (tertiary alicyclic amines) is 1.